The number of pyridine rings is 1. The molecule has 1 saturated heterocycles. The van der Waals surface area contributed by atoms with Crippen molar-refractivity contribution in [1.29, 1.82) is 0 Å². The number of carbonyl (C=O) groups excluding carboxylic acids is 2. The van der Waals surface area contributed by atoms with Crippen LogP contribution in [-0.2, 0) is 20.4 Å². The van der Waals surface area contributed by atoms with Crippen molar-refractivity contribution in [3.8, 4) is 0 Å². The summed E-state index contributed by atoms with van der Waals surface area (Å²) in [5, 5.41) is 0. The Hall–Kier alpha value is -2.30. The first-order valence-electron chi connectivity index (χ1n) is 6.93. The van der Waals surface area contributed by atoms with Gasteiger partial charge < -0.3 is 14.2 Å². The van der Waals surface area contributed by atoms with E-state index in [-0.39, 0.29) is 13.2 Å². The van der Waals surface area contributed by atoms with Crippen LogP contribution in [0.25, 0.3) is 0 Å². The van der Waals surface area contributed by atoms with Gasteiger partial charge in [-0.15, -0.1) is 0 Å². The second-order valence-corrected chi connectivity index (χ2v) is 4.84. The minimum Gasteiger partial charge on any atom is -0.465 e. The van der Waals surface area contributed by atoms with Crippen LogP contribution in [0.5, 0.6) is 0 Å². The number of rotatable bonds is 5. The minimum absolute atomic E-state index is 0.152. The van der Waals surface area contributed by atoms with Gasteiger partial charge in [0.05, 0.1) is 31.5 Å². The van der Waals surface area contributed by atoms with E-state index >= 15 is 0 Å². The Labute approximate surface area is 137 Å². The van der Waals surface area contributed by atoms with Crippen LogP contribution in [0.15, 0.2) is 0 Å². The fourth-order valence-electron chi connectivity index (χ4n) is 2.25. The van der Waals surface area contributed by atoms with Crippen LogP contribution in [0.4, 0.5) is 22.0 Å². The molecule has 1 unspecified atom stereocenters. The Balaban J connectivity index is 2.91. The van der Waals surface area contributed by atoms with Crippen LogP contribution < -0.4 is 0 Å². The topological polar surface area (TPSA) is 78.0 Å². The predicted molar refractivity (Wildman–Crippen MR) is 70.2 cm³/mol. The maximum Gasteiger partial charge on any atom is 0.434 e. The van der Waals surface area contributed by atoms with Gasteiger partial charge in [-0.2, -0.15) is 13.2 Å². The van der Waals surface area contributed by atoms with Crippen molar-refractivity contribution in [2.45, 2.75) is 25.6 Å². The van der Waals surface area contributed by atoms with E-state index in [0.717, 1.165) is 7.11 Å². The molecule has 2 heterocycles. The number of carbonyl (C=O) groups is 2. The number of hydrogen-bond donors (Lipinski definition) is 0. The maximum absolute atomic E-state index is 13.3. The van der Waals surface area contributed by atoms with Crippen molar-refractivity contribution in [2.75, 3.05) is 20.3 Å². The molecule has 1 aromatic rings. The minimum atomic E-state index is -5.23. The Kier molecular flexibility index (Phi) is 5.26. The summed E-state index contributed by atoms with van der Waals surface area (Å²) in [6.07, 6.45) is -9.89. The molecule has 0 N–H and O–H groups in total. The molecule has 1 aromatic heterocycles. The molecule has 0 radical (unpaired) electrons. The van der Waals surface area contributed by atoms with E-state index in [1.165, 1.54) is 6.92 Å². The lowest BCUT2D eigenvalue weighted by atomic mass is 9.95. The zero-order chi connectivity index (χ0) is 18.9. The zero-order valence-corrected chi connectivity index (χ0v) is 12.9. The molecular weight excluding hydrogens is 357 g/mol. The molecule has 0 amide bonds. The molecule has 1 fully saturated rings. The van der Waals surface area contributed by atoms with Gasteiger partial charge in [-0.25, -0.2) is 23.4 Å². The van der Waals surface area contributed by atoms with Crippen LogP contribution >= 0.6 is 0 Å². The summed E-state index contributed by atoms with van der Waals surface area (Å²) < 4.78 is 80.2. The van der Waals surface area contributed by atoms with Crippen molar-refractivity contribution >= 4 is 11.9 Å². The normalized spacial score (nSPS) is 16.7. The molecule has 0 aliphatic carbocycles. The Morgan fingerprint density at radius 3 is 2.28 bits per heavy atom. The lowest BCUT2D eigenvalue weighted by Crippen LogP contribution is -2.25. The standard InChI is InChI=1S/C14H12F5NO5/c1-3-24-13(22)8-6(5-4-25-5)7(12(21)23-2)9(11(15)16)20-10(8)14(17,18)19/h5,11H,3-4H2,1-2H3. The average Bonchev–Trinajstić information content (AvgIpc) is 3.35. The fourth-order valence-corrected chi connectivity index (χ4v) is 2.25. The highest BCUT2D eigenvalue weighted by molar-refractivity contribution is 6.00. The molecular formula is C14H12F5NO5. The number of halogens is 5. The first-order valence-corrected chi connectivity index (χ1v) is 6.93. The number of epoxide rings is 1. The molecule has 0 bridgehead atoms. The van der Waals surface area contributed by atoms with Crippen molar-refractivity contribution < 1.29 is 45.8 Å². The van der Waals surface area contributed by atoms with Crippen LogP contribution in [0.3, 0.4) is 0 Å². The third-order valence-corrected chi connectivity index (χ3v) is 3.26. The van der Waals surface area contributed by atoms with Crippen molar-refractivity contribution in [1.82, 2.24) is 4.98 Å². The van der Waals surface area contributed by atoms with Gasteiger partial charge in [0.15, 0.2) is 5.69 Å². The van der Waals surface area contributed by atoms with Gasteiger partial charge in [-0.1, -0.05) is 0 Å². The van der Waals surface area contributed by atoms with E-state index in [2.05, 4.69) is 14.5 Å². The van der Waals surface area contributed by atoms with E-state index in [0.29, 0.717) is 0 Å². The molecule has 0 spiro atoms. The maximum atomic E-state index is 13.3. The van der Waals surface area contributed by atoms with Crippen molar-refractivity contribution in [2.24, 2.45) is 0 Å². The molecule has 138 valence electrons. The highest BCUT2D eigenvalue weighted by Crippen LogP contribution is 2.43. The van der Waals surface area contributed by atoms with Crippen LogP contribution in [-0.4, -0.2) is 37.2 Å². The fraction of sp³-hybridized carbons (Fsp3) is 0.500. The molecule has 25 heavy (non-hydrogen) atoms. The smallest absolute Gasteiger partial charge is 0.434 e. The van der Waals surface area contributed by atoms with Gasteiger partial charge >= 0.3 is 18.1 Å². The van der Waals surface area contributed by atoms with Crippen LogP contribution in [0.2, 0.25) is 0 Å². The lowest BCUT2D eigenvalue weighted by Gasteiger charge is -2.19. The molecule has 2 rings (SSSR count). The van der Waals surface area contributed by atoms with Gasteiger partial charge in [-0.05, 0) is 6.92 Å². The lowest BCUT2D eigenvalue weighted by molar-refractivity contribution is -0.142. The summed E-state index contributed by atoms with van der Waals surface area (Å²) in [7, 11) is 0.858. The third-order valence-electron chi connectivity index (χ3n) is 3.26. The zero-order valence-electron chi connectivity index (χ0n) is 12.9. The monoisotopic (exact) mass is 369 g/mol. The second kappa shape index (κ2) is 6.90. The first kappa shape index (κ1) is 19.0. The van der Waals surface area contributed by atoms with Gasteiger partial charge in [0.1, 0.15) is 11.8 Å². The van der Waals surface area contributed by atoms with E-state index in [1.807, 2.05) is 0 Å². The van der Waals surface area contributed by atoms with E-state index < -0.39 is 58.7 Å². The molecule has 1 aliphatic rings. The molecule has 1 aliphatic heterocycles. The number of nitrogens with zero attached hydrogens (tertiary/aromatic N) is 1. The number of hydrogen-bond acceptors (Lipinski definition) is 6. The number of esters is 2. The molecule has 0 saturated carbocycles. The number of methoxy groups -OCH3 is 1. The Bertz CT molecular complexity index is 700. The SMILES string of the molecule is CCOC(=O)c1c(C(F)(F)F)nc(C(F)F)c(C(=O)OC)c1C1CO1. The Morgan fingerprint density at radius 2 is 1.88 bits per heavy atom. The molecule has 0 aromatic carbocycles. The van der Waals surface area contributed by atoms with Crippen molar-refractivity contribution in [3.63, 3.8) is 0 Å². The summed E-state index contributed by atoms with van der Waals surface area (Å²) in [4.78, 5) is 26.8. The third kappa shape index (κ3) is 3.70. The van der Waals surface area contributed by atoms with Gasteiger partial charge in [-0.3, -0.25) is 0 Å². The summed E-state index contributed by atoms with van der Waals surface area (Å²) in [6, 6.07) is 0. The number of alkyl halides is 5. The molecule has 6 nitrogen and oxygen atoms in total. The summed E-state index contributed by atoms with van der Waals surface area (Å²) in [5.74, 6) is -2.80. The van der Waals surface area contributed by atoms with E-state index in [4.69, 9.17) is 4.74 Å². The number of ether oxygens (including phenoxy) is 3. The van der Waals surface area contributed by atoms with Gasteiger partial charge in [0.25, 0.3) is 6.43 Å². The quantitative estimate of drug-likeness (QED) is 0.451. The number of aromatic nitrogens is 1. The van der Waals surface area contributed by atoms with Gasteiger partial charge in [0, 0.05) is 5.56 Å². The molecule has 11 heteroatoms. The largest absolute Gasteiger partial charge is 0.465 e. The average molecular weight is 369 g/mol. The van der Waals surface area contributed by atoms with Crippen LogP contribution in [0, 0.1) is 0 Å². The van der Waals surface area contributed by atoms with E-state index in [1.54, 1.807) is 0 Å². The van der Waals surface area contributed by atoms with Gasteiger partial charge in [0.2, 0.25) is 0 Å². The summed E-state index contributed by atoms with van der Waals surface area (Å²) in [5.41, 5.74) is -5.99. The first-order chi connectivity index (χ1) is 11.6. The summed E-state index contributed by atoms with van der Waals surface area (Å²) >= 11 is 0. The highest BCUT2D eigenvalue weighted by Gasteiger charge is 2.46. The molecule has 1 atom stereocenters. The van der Waals surface area contributed by atoms with Crippen LogP contribution in [0.1, 0.15) is 57.1 Å². The summed E-state index contributed by atoms with van der Waals surface area (Å²) in [6.45, 7) is 0.923. The second-order valence-electron chi connectivity index (χ2n) is 4.84. The Morgan fingerprint density at radius 1 is 1.28 bits per heavy atom. The highest BCUT2D eigenvalue weighted by atomic mass is 19.4. The predicted octanol–water partition coefficient (Wildman–Crippen LogP) is 3.07. The van der Waals surface area contributed by atoms with E-state index in [9.17, 15) is 31.5 Å². The van der Waals surface area contributed by atoms with Crippen molar-refractivity contribution in [3.05, 3.63) is 28.1 Å².